The van der Waals surface area contributed by atoms with Crippen LogP contribution in [-0.2, 0) is 0 Å². The maximum absolute atomic E-state index is 12.6. The largest absolute Gasteiger partial charge is 0.357 e. The molecule has 0 unspecified atom stereocenters. The third-order valence-corrected chi connectivity index (χ3v) is 5.62. The van der Waals surface area contributed by atoms with Crippen LogP contribution in [0.1, 0.15) is 55.3 Å². The Kier molecular flexibility index (Phi) is 6.00. The molecule has 28 heavy (non-hydrogen) atoms. The van der Waals surface area contributed by atoms with Crippen LogP contribution in [0.15, 0.2) is 48.3 Å². The Morgan fingerprint density at radius 2 is 1.96 bits per heavy atom. The summed E-state index contributed by atoms with van der Waals surface area (Å²) in [6.45, 7) is 2.80. The van der Waals surface area contributed by atoms with E-state index >= 15 is 0 Å². The van der Waals surface area contributed by atoms with E-state index < -0.39 is 0 Å². The molecular formula is C23H28N4O. The van der Waals surface area contributed by atoms with Crippen LogP contribution in [0.25, 0.3) is 11.3 Å². The molecule has 1 aromatic heterocycles. The van der Waals surface area contributed by atoms with E-state index in [2.05, 4.69) is 26.3 Å². The van der Waals surface area contributed by atoms with Gasteiger partial charge < -0.3 is 10.2 Å². The van der Waals surface area contributed by atoms with Crippen LogP contribution >= 0.6 is 0 Å². The van der Waals surface area contributed by atoms with Gasteiger partial charge in [0, 0.05) is 36.8 Å². The van der Waals surface area contributed by atoms with E-state index in [4.69, 9.17) is 0 Å². The van der Waals surface area contributed by atoms with Crippen molar-refractivity contribution in [2.75, 3.05) is 24.5 Å². The topological polar surface area (TPSA) is 58.1 Å². The number of rotatable bonds is 6. The first-order chi connectivity index (χ1) is 13.8. The molecule has 1 saturated heterocycles. The van der Waals surface area contributed by atoms with Crippen LogP contribution in [-0.4, -0.2) is 35.5 Å². The second-order valence-electron chi connectivity index (χ2n) is 7.65. The maximum atomic E-state index is 12.6. The molecule has 146 valence electrons. The summed E-state index contributed by atoms with van der Waals surface area (Å²) in [5.41, 5.74) is 3.97. The quantitative estimate of drug-likeness (QED) is 0.761. The van der Waals surface area contributed by atoms with Crippen LogP contribution in [0, 0.1) is 0 Å². The summed E-state index contributed by atoms with van der Waals surface area (Å²) in [4.78, 5) is 23.7. The summed E-state index contributed by atoms with van der Waals surface area (Å²) in [5.74, 6) is 0.949. The molecule has 2 aliphatic rings. The summed E-state index contributed by atoms with van der Waals surface area (Å²) in [7, 11) is 0. The Hall–Kier alpha value is -2.69. The van der Waals surface area contributed by atoms with Gasteiger partial charge >= 0.3 is 0 Å². The molecule has 0 radical (unpaired) electrons. The lowest BCUT2D eigenvalue weighted by atomic mass is 9.97. The summed E-state index contributed by atoms with van der Waals surface area (Å²) in [5, 5.41) is 3.06. The number of carbonyl (C=O) groups is 1. The lowest BCUT2D eigenvalue weighted by molar-refractivity contribution is 0.0954. The second kappa shape index (κ2) is 9.00. The Morgan fingerprint density at radius 1 is 1.07 bits per heavy atom. The highest BCUT2D eigenvalue weighted by molar-refractivity contribution is 5.95. The van der Waals surface area contributed by atoms with E-state index in [1.807, 2.05) is 30.3 Å². The van der Waals surface area contributed by atoms with Gasteiger partial charge in [0.05, 0.1) is 5.69 Å². The maximum Gasteiger partial charge on any atom is 0.251 e. The number of carbonyl (C=O) groups excluding carboxylic acids is 1. The van der Waals surface area contributed by atoms with Crippen molar-refractivity contribution >= 4 is 11.7 Å². The predicted molar refractivity (Wildman–Crippen MR) is 112 cm³/mol. The zero-order valence-electron chi connectivity index (χ0n) is 16.4. The first-order valence-electron chi connectivity index (χ1n) is 10.4. The average Bonchev–Trinajstić information content (AvgIpc) is 3.30. The minimum absolute atomic E-state index is 0.0212. The number of nitrogens with zero attached hydrogens (tertiary/aromatic N) is 3. The lowest BCUT2D eigenvalue weighted by Gasteiger charge is -2.16. The molecule has 0 atom stereocenters. The normalized spacial score (nSPS) is 16.7. The molecule has 1 aliphatic heterocycles. The van der Waals surface area contributed by atoms with Crippen LogP contribution in [0.4, 0.5) is 5.82 Å². The lowest BCUT2D eigenvalue weighted by Crippen LogP contribution is -2.24. The second-order valence-corrected chi connectivity index (χ2v) is 7.65. The standard InChI is InChI=1S/C23H28N4O/c28-23(24-12-11-18-7-2-1-3-8-18)20-10-6-9-19(15-20)21-16-22(26-17-25-21)27-13-4-5-14-27/h6-7,9-10,15-17H,1-5,8,11-14H2,(H,24,28). The van der Waals surface area contributed by atoms with Crippen molar-refractivity contribution in [1.29, 1.82) is 0 Å². The number of hydrogen-bond donors (Lipinski definition) is 1. The first kappa shape index (κ1) is 18.7. The minimum atomic E-state index is -0.0212. The smallest absolute Gasteiger partial charge is 0.251 e. The zero-order chi connectivity index (χ0) is 19.2. The summed E-state index contributed by atoms with van der Waals surface area (Å²) < 4.78 is 0. The van der Waals surface area contributed by atoms with Crippen LogP contribution in [0.5, 0.6) is 0 Å². The Balaban J connectivity index is 1.41. The van der Waals surface area contributed by atoms with E-state index in [1.165, 1.54) is 44.1 Å². The number of nitrogens with one attached hydrogen (secondary N) is 1. The Labute approximate surface area is 166 Å². The summed E-state index contributed by atoms with van der Waals surface area (Å²) in [6, 6.07) is 9.73. The van der Waals surface area contributed by atoms with Gasteiger partial charge in [0.25, 0.3) is 5.91 Å². The summed E-state index contributed by atoms with van der Waals surface area (Å²) in [6.07, 6.45) is 12.3. The van der Waals surface area contributed by atoms with Gasteiger partial charge in [0.2, 0.25) is 0 Å². The molecule has 5 heteroatoms. The molecule has 2 heterocycles. The number of aromatic nitrogens is 2. The van der Waals surface area contributed by atoms with Gasteiger partial charge in [-0.3, -0.25) is 4.79 Å². The van der Waals surface area contributed by atoms with Crippen LogP contribution in [0.3, 0.4) is 0 Å². The van der Waals surface area contributed by atoms with Crippen molar-refractivity contribution in [3.05, 3.63) is 53.9 Å². The van der Waals surface area contributed by atoms with E-state index in [0.29, 0.717) is 12.1 Å². The fourth-order valence-electron chi connectivity index (χ4n) is 4.01. The molecule has 5 nitrogen and oxygen atoms in total. The van der Waals surface area contributed by atoms with E-state index in [1.54, 1.807) is 6.33 Å². The number of anilines is 1. The van der Waals surface area contributed by atoms with Gasteiger partial charge in [-0.1, -0.05) is 23.8 Å². The van der Waals surface area contributed by atoms with Gasteiger partial charge in [-0.15, -0.1) is 0 Å². The molecule has 0 spiro atoms. The predicted octanol–water partition coefficient (Wildman–Crippen LogP) is 4.36. The van der Waals surface area contributed by atoms with Gasteiger partial charge in [0.15, 0.2) is 0 Å². The van der Waals surface area contributed by atoms with Crippen molar-refractivity contribution < 1.29 is 4.79 Å². The zero-order valence-corrected chi connectivity index (χ0v) is 16.4. The van der Waals surface area contributed by atoms with Crippen molar-refractivity contribution in [1.82, 2.24) is 15.3 Å². The van der Waals surface area contributed by atoms with E-state index in [0.717, 1.165) is 36.6 Å². The molecule has 0 bridgehead atoms. The average molecular weight is 377 g/mol. The third-order valence-electron chi connectivity index (χ3n) is 5.62. The number of hydrogen-bond acceptors (Lipinski definition) is 4. The summed E-state index contributed by atoms with van der Waals surface area (Å²) >= 11 is 0. The molecule has 1 fully saturated rings. The monoisotopic (exact) mass is 376 g/mol. The van der Waals surface area contributed by atoms with Crippen LogP contribution in [0.2, 0.25) is 0 Å². The highest BCUT2D eigenvalue weighted by atomic mass is 16.1. The number of benzene rings is 1. The minimum Gasteiger partial charge on any atom is -0.357 e. The molecular weight excluding hydrogens is 348 g/mol. The molecule has 0 saturated carbocycles. The van der Waals surface area contributed by atoms with Gasteiger partial charge in [0.1, 0.15) is 12.1 Å². The van der Waals surface area contributed by atoms with Crippen molar-refractivity contribution in [3.8, 4) is 11.3 Å². The van der Waals surface area contributed by atoms with Crippen LogP contribution < -0.4 is 10.2 Å². The molecule has 1 aromatic carbocycles. The number of allylic oxidation sites excluding steroid dienone is 1. The van der Waals surface area contributed by atoms with Gasteiger partial charge in [-0.05, 0) is 57.1 Å². The SMILES string of the molecule is O=C(NCCC1=CCCCC1)c1cccc(-c2cc(N3CCCC3)ncn2)c1. The molecule has 4 rings (SSSR count). The highest BCUT2D eigenvalue weighted by Crippen LogP contribution is 2.24. The molecule has 1 amide bonds. The number of amides is 1. The fourth-order valence-corrected chi connectivity index (χ4v) is 4.01. The van der Waals surface area contributed by atoms with Gasteiger partial charge in [-0.25, -0.2) is 9.97 Å². The Bertz CT molecular complexity index is 855. The highest BCUT2D eigenvalue weighted by Gasteiger charge is 2.15. The molecule has 1 N–H and O–H groups in total. The van der Waals surface area contributed by atoms with E-state index in [-0.39, 0.29) is 5.91 Å². The Morgan fingerprint density at radius 3 is 2.79 bits per heavy atom. The van der Waals surface area contributed by atoms with Gasteiger partial charge in [-0.2, -0.15) is 0 Å². The molecule has 2 aromatic rings. The van der Waals surface area contributed by atoms with Crippen molar-refractivity contribution in [2.24, 2.45) is 0 Å². The van der Waals surface area contributed by atoms with Crippen molar-refractivity contribution in [3.63, 3.8) is 0 Å². The third kappa shape index (κ3) is 4.58. The van der Waals surface area contributed by atoms with Crippen molar-refractivity contribution in [2.45, 2.75) is 44.9 Å². The fraction of sp³-hybridized carbons (Fsp3) is 0.435. The molecule has 1 aliphatic carbocycles. The van der Waals surface area contributed by atoms with E-state index in [9.17, 15) is 4.79 Å². The first-order valence-corrected chi connectivity index (χ1v) is 10.4.